The second-order valence-electron chi connectivity index (χ2n) is 9.64. The monoisotopic (exact) mass is 423 g/mol. The smallest absolute Gasteiger partial charge is 0.252 e. The van der Waals surface area contributed by atoms with Crippen LogP contribution in [0.15, 0.2) is 35.1 Å². The van der Waals surface area contributed by atoms with Crippen LogP contribution >= 0.6 is 0 Å². The van der Waals surface area contributed by atoms with Crippen LogP contribution in [0.3, 0.4) is 0 Å². The van der Waals surface area contributed by atoms with Gasteiger partial charge in [0.05, 0.1) is 23.4 Å². The number of likely N-dealkylation sites (tertiary alicyclic amines) is 1. The van der Waals surface area contributed by atoms with Crippen molar-refractivity contribution in [3.63, 3.8) is 0 Å². The van der Waals surface area contributed by atoms with Gasteiger partial charge in [-0.25, -0.2) is 9.67 Å². The highest BCUT2D eigenvalue weighted by Gasteiger charge is 2.31. The lowest BCUT2D eigenvalue weighted by molar-refractivity contribution is 0.0658. The SMILES string of the molecule is CC1CCCN(C(C)(C)CNC(=O)c2cc(-c3ccco3)nc3c2cnn3C(C)C)C1. The van der Waals surface area contributed by atoms with Crippen LogP contribution in [0.1, 0.15) is 63.9 Å². The summed E-state index contributed by atoms with van der Waals surface area (Å²) in [6, 6.07) is 5.61. The van der Waals surface area contributed by atoms with E-state index in [-0.39, 0.29) is 17.5 Å². The minimum Gasteiger partial charge on any atom is -0.463 e. The zero-order valence-corrected chi connectivity index (χ0v) is 19.2. The van der Waals surface area contributed by atoms with Crippen LogP contribution in [0.2, 0.25) is 0 Å². The summed E-state index contributed by atoms with van der Waals surface area (Å²) < 4.78 is 7.40. The first-order chi connectivity index (χ1) is 14.8. The molecule has 7 nitrogen and oxygen atoms in total. The van der Waals surface area contributed by atoms with E-state index in [1.54, 1.807) is 18.5 Å². The maximum absolute atomic E-state index is 13.3. The Balaban J connectivity index is 1.62. The van der Waals surface area contributed by atoms with Crippen molar-refractivity contribution in [1.29, 1.82) is 0 Å². The van der Waals surface area contributed by atoms with Crippen LogP contribution in [0.4, 0.5) is 0 Å². The maximum atomic E-state index is 13.3. The number of aromatic nitrogens is 3. The summed E-state index contributed by atoms with van der Waals surface area (Å²) >= 11 is 0. The number of rotatable bonds is 6. The molecule has 1 aliphatic rings. The molecule has 0 spiro atoms. The number of hydrogen-bond donors (Lipinski definition) is 1. The van der Waals surface area contributed by atoms with Gasteiger partial charge in [-0.2, -0.15) is 5.10 Å². The van der Waals surface area contributed by atoms with Crippen LogP contribution in [0.25, 0.3) is 22.5 Å². The van der Waals surface area contributed by atoms with Gasteiger partial charge >= 0.3 is 0 Å². The lowest BCUT2D eigenvalue weighted by atomic mass is 9.93. The Morgan fingerprint density at radius 3 is 2.87 bits per heavy atom. The standard InChI is InChI=1S/C24H33N5O2/c1-16(2)29-22-19(13-26-29)18(12-20(27-22)21-9-7-11-31-21)23(30)25-15-24(4,5)28-10-6-8-17(3)14-28/h7,9,11-13,16-17H,6,8,10,14-15H2,1-5H3,(H,25,30). The molecule has 1 N–H and O–H groups in total. The van der Waals surface area contributed by atoms with E-state index in [2.05, 4.69) is 49.9 Å². The minimum absolute atomic E-state index is 0.109. The van der Waals surface area contributed by atoms with Crippen molar-refractivity contribution in [3.8, 4) is 11.5 Å². The number of piperidine rings is 1. The molecule has 0 aliphatic carbocycles. The van der Waals surface area contributed by atoms with Crippen molar-refractivity contribution in [2.45, 2.75) is 59.0 Å². The molecule has 7 heteroatoms. The largest absolute Gasteiger partial charge is 0.463 e. The van der Waals surface area contributed by atoms with Gasteiger partial charge in [-0.15, -0.1) is 0 Å². The molecule has 0 saturated carbocycles. The predicted molar refractivity (Wildman–Crippen MR) is 122 cm³/mol. The van der Waals surface area contributed by atoms with Gasteiger partial charge in [0.2, 0.25) is 0 Å². The third-order valence-electron chi connectivity index (χ3n) is 6.27. The summed E-state index contributed by atoms with van der Waals surface area (Å²) in [5, 5.41) is 8.42. The minimum atomic E-state index is -0.110. The van der Waals surface area contributed by atoms with Gasteiger partial charge in [0.15, 0.2) is 11.4 Å². The van der Waals surface area contributed by atoms with Crippen molar-refractivity contribution in [1.82, 2.24) is 25.0 Å². The molecule has 3 aromatic rings. The summed E-state index contributed by atoms with van der Waals surface area (Å²) in [6.07, 6.45) is 5.84. The number of nitrogens with one attached hydrogen (secondary N) is 1. The van der Waals surface area contributed by atoms with Crippen molar-refractivity contribution >= 4 is 16.9 Å². The molecule has 0 bridgehead atoms. The lowest BCUT2D eigenvalue weighted by Crippen LogP contribution is -2.54. The quantitative estimate of drug-likeness (QED) is 0.631. The van der Waals surface area contributed by atoms with Gasteiger partial charge in [0, 0.05) is 24.7 Å². The van der Waals surface area contributed by atoms with E-state index in [9.17, 15) is 4.79 Å². The predicted octanol–water partition coefficient (Wildman–Crippen LogP) is 4.51. The Morgan fingerprint density at radius 1 is 1.39 bits per heavy atom. The Labute approximate surface area is 183 Å². The summed E-state index contributed by atoms with van der Waals surface area (Å²) in [7, 11) is 0. The van der Waals surface area contributed by atoms with Crippen LogP contribution in [-0.4, -0.2) is 50.7 Å². The third-order valence-corrected chi connectivity index (χ3v) is 6.27. The Hall–Kier alpha value is -2.67. The highest BCUT2D eigenvalue weighted by molar-refractivity contribution is 6.06. The van der Waals surface area contributed by atoms with E-state index in [1.165, 1.54) is 12.8 Å². The second kappa shape index (κ2) is 8.46. The Kier molecular flexibility index (Phi) is 5.88. The average Bonchev–Trinajstić information content (AvgIpc) is 3.41. The molecule has 4 rings (SSSR count). The molecule has 1 saturated heterocycles. The zero-order valence-electron chi connectivity index (χ0n) is 19.2. The first-order valence-electron chi connectivity index (χ1n) is 11.2. The number of fused-ring (bicyclic) bond motifs is 1. The maximum Gasteiger partial charge on any atom is 0.252 e. The summed E-state index contributed by atoms with van der Waals surface area (Å²) in [6.45, 7) is 13.6. The molecule has 0 radical (unpaired) electrons. The van der Waals surface area contributed by atoms with Gasteiger partial charge in [-0.05, 0) is 71.2 Å². The van der Waals surface area contributed by atoms with Crippen LogP contribution in [0, 0.1) is 5.92 Å². The molecule has 0 aromatic carbocycles. The third kappa shape index (κ3) is 4.37. The van der Waals surface area contributed by atoms with Gasteiger partial charge in [0.25, 0.3) is 5.91 Å². The van der Waals surface area contributed by atoms with Gasteiger partial charge in [-0.1, -0.05) is 6.92 Å². The van der Waals surface area contributed by atoms with E-state index in [1.807, 2.05) is 16.8 Å². The highest BCUT2D eigenvalue weighted by Crippen LogP contribution is 2.27. The van der Waals surface area contributed by atoms with Crippen molar-refractivity contribution in [2.24, 2.45) is 5.92 Å². The van der Waals surface area contributed by atoms with E-state index >= 15 is 0 Å². The van der Waals surface area contributed by atoms with E-state index in [4.69, 9.17) is 9.40 Å². The molecular weight excluding hydrogens is 390 g/mol. The Bertz CT molecular complexity index is 1050. The van der Waals surface area contributed by atoms with Gasteiger partial charge in [0.1, 0.15) is 5.69 Å². The molecular formula is C24H33N5O2. The number of pyridine rings is 1. The first-order valence-corrected chi connectivity index (χ1v) is 11.2. The first kappa shape index (κ1) is 21.6. The van der Waals surface area contributed by atoms with Gasteiger partial charge < -0.3 is 9.73 Å². The second-order valence-corrected chi connectivity index (χ2v) is 9.64. The van der Waals surface area contributed by atoms with Crippen LogP contribution in [0.5, 0.6) is 0 Å². The molecule has 1 atom stereocenters. The van der Waals surface area contributed by atoms with E-state index < -0.39 is 0 Å². The number of nitrogens with zero attached hydrogens (tertiary/aromatic N) is 4. The summed E-state index contributed by atoms with van der Waals surface area (Å²) in [5.41, 5.74) is 1.79. The van der Waals surface area contributed by atoms with Gasteiger partial charge in [-0.3, -0.25) is 9.69 Å². The molecule has 1 unspecified atom stereocenters. The molecule has 166 valence electrons. The van der Waals surface area contributed by atoms with Crippen LogP contribution < -0.4 is 5.32 Å². The fourth-order valence-corrected chi connectivity index (χ4v) is 4.38. The zero-order chi connectivity index (χ0) is 22.2. The lowest BCUT2D eigenvalue weighted by Gasteiger charge is -2.43. The number of amides is 1. The van der Waals surface area contributed by atoms with Crippen molar-refractivity contribution < 1.29 is 9.21 Å². The average molecular weight is 424 g/mol. The summed E-state index contributed by atoms with van der Waals surface area (Å²) in [4.78, 5) is 20.6. The fraction of sp³-hybridized carbons (Fsp3) is 0.542. The fourth-order valence-electron chi connectivity index (χ4n) is 4.38. The van der Waals surface area contributed by atoms with E-state index in [0.29, 0.717) is 35.1 Å². The molecule has 3 aromatic heterocycles. The molecule has 1 aliphatic heterocycles. The molecule has 4 heterocycles. The van der Waals surface area contributed by atoms with Crippen molar-refractivity contribution in [2.75, 3.05) is 19.6 Å². The van der Waals surface area contributed by atoms with Crippen molar-refractivity contribution in [3.05, 3.63) is 36.2 Å². The number of furan rings is 1. The molecule has 31 heavy (non-hydrogen) atoms. The molecule has 1 amide bonds. The molecule has 1 fully saturated rings. The number of carbonyl (C=O) groups excluding carboxylic acids is 1. The Morgan fingerprint density at radius 2 is 2.19 bits per heavy atom. The normalized spacial score (nSPS) is 18.1. The topological polar surface area (TPSA) is 76.2 Å². The number of carbonyl (C=O) groups is 1. The number of hydrogen-bond acceptors (Lipinski definition) is 5. The van der Waals surface area contributed by atoms with E-state index in [0.717, 1.165) is 18.5 Å². The summed E-state index contributed by atoms with van der Waals surface area (Å²) in [5.74, 6) is 1.22. The highest BCUT2D eigenvalue weighted by atomic mass is 16.3. The van der Waals surface area contributed by atoms with Crippen LogP contribution in [-0.2, 0) is 0 Å².